The highest BCUT2D eigenvalue weighted by molar-refractivity contribution is 5.35. The summed E-state index contributed by atoms with van der Waals surface area (Å²) in [7, 11) is 3.20. The Morgan fingerprint density at radius 2 is 1.83 bits per heavy atom. The van der Waals surface area contributed by atoms with Gasteiger partial charge < -0.3 is 14.8 Å². The first-order valence-electron chi connectivity index (χ1n) is 6.52. The molecule has 3 rings (SSSR count). The summed E-state index contributed by atoms with van der Waals surface area (Å²) in [6, 6.07) is 2.20. The molecule has 98 valence electrons. The van der Waals surface area contributed by atoms with Crippen molar-refractivity contribution in [2.45, 2.75) is 31.7 Å². The van der Waals surface area contributed by atoms with Crippen LogP contribution in [0.15, 0.2) is 6.07 Å². The highest BCUT2D eigenvalue weighted by Gasteiger charge is 2.39. The Bertz CT molecular complexity index is 416. The lowest BCUT2D eigenvalue weighted by molar-refractivity contribution is 0.371. The molecule has 3 atom stereocenters. The fourth-order valence-electron chi connectivity index (χ4n) is 3.26. The van der Waals surface area contributed by atoms with Crippen LogP contribution in [0.3, 0.4) is 0 Å². The zero-order valence-electron chi connectivity index (χ0n) is 10.8. The lowest BCUT2D eigenvalue weighted by atomic mass is 9.95. The van der Waals surface area contributed by atoms with E-state index >= 15 is 0 Å². The summed E-state index contributed by atoms with van der Waals surface area (Å²) in [5.74, 6) is 3.37. The summed E-state index contributed by atoms with van der Waals surface area (Å²) in [4.78, 5) is 8.64. The van der Waals surface area contributed by atoms with Crippen molar-refractivity contribution < 1.29 is 9.47 Å². The van der Waals surface area contributed by atoms with Gasteiger partial charge in [0.15, 0.2) is 0 Å². The third kappa shape index (κ3) is 2.09. The monoisotopic (exact) mass is 249 g/mol. The molecule has 2 aliphatic rings. The molecule has 2 fully saturated rings. The first kappa shape index (κ1) is 11.6. The molecule has 1 heterocycles. The number of nitrogens with zero attached hydrogens (tertiary/aromatic N) is 2. The minimum atomic E-state index is 0.514. The van der Waals surface area contributed by atoms with Gasteiger partial charge in [-0.2, -0.15) is 9.97 Å². The first-order chi connectivity index (χ1) is 8.78. The highest BCUT2D eigenvalue weighted by Crippen LogP contribution is 2.45. The van der Waals surface area contributed by atoms with Crippen LogP contribution in [0.5, 0.6) is 11.8 Å². The smallest absolute Gasteiger partial charge is 0.229 e. The Hall–Kier alpha value is -1.52. The van der Waals surface area contributed by atoms with Crippen molar-refractivity contribution >= 4 is 5.95 Å². The molecule has 0 spiro atoms. The van der Waals surface area contributed by atoms with E-state index in [1.165, 1.54) is 25.7 Å². The van der Waals surface area contributed by atoms with Crippen molar-refractivity contribution in [3.63, 3.8) is 0 Å². The quantitative estimate of drug-likeness (QED) is 0.885. The Balaban J connectivity index is 1.75. The number of nitrogens with one attached hydrogen (secondary N) is 1. The van der Waals surface area contributed by atoms with Gasteiger partial charge in [0.2, 0.25) is 17.7 Å². The van der Waals surface area contributed by atoms with Gasteiger partial charge in [-0.15, -0.1) is 0 Å². The fraction of sp³-hybridized carbons (Fsp3) is 0.692. The molecule has 1 aromatic heterocycles. The molecule has 0 saturated heterocycles. The Morgan fingerprint density at radius 1 is 1.11 bits per heavy atom. The van der Waals surface area contributed by atoms with Crippen LogP contribution in [0.1, 0.15) is 25.7 Å². The van der Waals surface area contributed by atoms with E-state index in [1.54, 1.807) is 20.3 Å². The number of hydrogen-bond acceptors (Lipinski definition) is 5. The van der Waals surface area contributed by atoms with Gasteiger partial charge in [0.1, 0.15) is 0 Å². The molecule has 2 bridgehead atoms. The van der Waals surface area contributed by atoms with E-state index in [2.05, 4.69) is 15.3 Å². The molecule has 0 amide bonds. The number of fused-ring (bicyclic) bond motifs is 2. The fourth-order valence-corrected chi connectivity index (χ4v) is 3.26. The number of anilines is 1. The molecule has 1 aromatic rings. The van der Waals surface area contributed by atoms with Crippen LogP contribution in [0.25, 0.3) is 0 Å². The predicted molar refractivity (Wildman–Crippen MR) is 68.0 cm³/mol. The molecule has 18 heavy (non-hydrogen) atoms. The van der Waals surface area contributed by atoms with Crippen LogP contribution in [0.4, 0.5) is 5.95 Å². The second kappa shape index (κ2) is 4.63. The van der Waals surface area contributed by atoms with Crippen LogP contribution in [0, 0.1) is 11.8 Å². The van der Waals surface area contributed by atoms with Gasteiger partial charge in [-0.25, -0.2) is 0 Å². The van der Waals surface area contributed by atoms with Gasteiger partial charge in [0.25, 0.3) is 0 Å². The van der Waals surface area contributed by atoms with Crippen LogP contribution in [-0.4, -0.2) is 30.2 Å². The first-order valence-corrected chi connectivity index (χ1v) is 6.52. The Kier molecular flexibility index (Phi) is 2.97. The molecular formula is C13H19N3O2. The van der Waals surface area contributed by atoms with Gasteiger partial charge in [0.05, 0.1) is 20.3 Å². The molecular weight excluding hydrogens is 230 g/mol. The van der Waals surface area contributed by atoms with Gasteiger partial charge in [-0.3, -0.25) is 0 Å². The topological polar surface area (TPSA) is 56.3 Å². The van der Waals surface area contributed by atoms with E-state index < -0.39 is 0 Å². The van der Waals surface area contributed by atoms with E-state index in [-0.39, 0.29) is 0 Å². The van der Waals surface area contributed by atoms with E-state index in [0.29, 0.717) is 23.8 Å². The Labute approximate surface area is 107 Å². The molecule has 5 heteroatoms. The third-order valence-electron chi connectivity index (χ3n) is 4.15. The molecule has 2 aliphatic carbocycles. The zero-order valence-corrected chi connectivity index (χ0v) is 10.8. The zero-order chi connectivity index (χ0) is 12.5. The average molecular weight is 249 g/mol. The average Bonchev–Trinajstić information content (AvgIpc) is 3.00. The van der Waals surface area contributed by atoms with Gasteiger partial charge in [-0.05, 0) is 31.1 Å². The lowest BCUT2D eigenvalue weighted by Crippen LogP contribution is -2.27. The van der Waals surface area contributed by atoms with Gasteiger partial charge in [-0.1, -0.05) is 6.42 Å². The minimum absolute atomic E-state index is 0.514. The van der Waals surface area contributed by atoms with Crippen LogP contribution < -0.4 is 14.8 Å². The maximum absolute atomic E-state index is 5.15. The summed E-state index contributed by atoms with van der Waals surface area (Å²) >= 11 is 0. The predicted octanol–water partition coefficient (Wildman–Crippen LogP) is 2.09. The number of ether oxygens (including phenoxy) is 2. The maximum atomic E-state index is 5.15. The van der Waals surface area contributed by atoms with Crippen molar-refractivity contribution in [2.24, 2.45) is 11.8 Å². The molecule has 0 aliphatic heterocycles. The van der Waals surface area contributed by atoms with E-state index in [0.717, 1.165) is 11.8 Å². The standard InChI is InChI=1S/C13H19N3O2/c1-17-11-7-12(18-2)16-13(15-11)14-10-6-8-3-4-9(10)5-8/h7-10H,3-6H2,1-2H3,(H,14,15,16). The van der Waals surface area contributed by atoms with E-state index in [4.69, 9.17) is 9.47 Å². The van der Waals surface area contributed by atoms with Crippen molar-refractivity contribution in [3.05, 3.63) is 6.07 Å². The third-order valence-corrected chi connectivity index (χ3v) is 4.15. The second-order valence-corrected chi connectivity index (χ2v) is 5.20. The number of methoxy groups -OCH3 is 2. The summed E-state index contributed by atoms with van der Waals surface area (Å²) < 4.78 is 10.3. The van der Waals surface area contributed by atoms with Gasteiger partial charge >= 0.3 is 0 Å². The number of rotatable bonds is 4. The van der Waals surface area contributed by atoms with Crippen LogP contribution in [0.2, 0.25) is 0 Å². The summed E-state index contributed by atoms with van der Waals surface area (Å²) in [5, 5.41) is 3.44. The van der Waals surface area contributed by atoms with Crippen molar-refractivity contribution in [3.8, 4) is 11.8 Å². The minimum Gasteiger partial charge on any atom is -0.481 e. The normalized spacial score (nSPS) is 29.3. The van der Waals surface area contributed by atoms with E-state index in [9.17, 15) is 0 Å². The highest BCUT2D eigenvalue weighted by atomic mass is 16.5. The largest absolute Gasteiger partial charge is 0.481 e. The number of aromatic nitrogens is 2. The van der Waals surface area contributed by atoms with Crippen molar-refractivity contribution in [1.29, 1.82) is 0 Å². The van der Waals surface area contributed by atoms with Gasteiger partial charge in [0, 0.05) is 6.04 Å². The molecule has 3 unspecified atom stereocenters. The van der Waals surface area contributed by atoms with Crippen molar-refractivity contribution in [2.75, 3.05) is 19.5 Å². The van der Waals surface area contributed by atoms with Crippen molar-refractivity contribution in [1.82, 2.24) is 9.97 Å². The SMILES string of the molecule is COc1cc(OC)nc(NC2CC3CCC2C3)n1. The molecule has 0 aromatic carbocycles. The second-order valence-electron chi connectivity index (χ2n) is 5.20. The van der Waals surface area contributed by atoms with E-state index in [1.807, 2.05) is 0 Å². The summed E-state index contributed by atoms with van der Waals surface area (Å²) in [6.07, 6.45) is 5.33. The van der Waals surface area contributed by atoms with Crippen LogP contribution in [-0.2, 0) is 0 Å². The maximum Gasteiger partial charge on any atom is 0.229 e. The molecule has 2 saturated carbocycles. The summed E-state index contributed by atoms with van der Waals surface area (Å²) in [6.45, 7) is 0. The summed E-state index contributed by atoms with van der Waals surface area (Å²) in [5.41, 5.74) is 0. The molecule has 5 nitrogen and oxygen atoms in total. The lowest BCUT2D eigenvalue weighted by Gasteiger charge is -2.23. The molecule has 0 radical (unpaired) electrons. The van der Waals surface area contributed by atoms with Crippen LogP contribution >= 0.6 is 0 Å². The molecule has 1 N–H and O–H groups in total. The Morgan fingerprint density at radius 3 is 2.33 bits per heavy atom. The number of hydrogen-bond donors (Lipinski definition) is 1.